The number of benzene rings is 1. The number of nitrogen functional groups attached to an aromatic ring is 1. The molecule has 2 aromatic heterocycles. The van der Waals surface area contributed by atoms with Crippen molar-refractivity contribution < 1.29 is 9.53 Å². The van der Waals surface area contributed by atoms with Gasteiger partial charge in [-0.3, -0.25) is 5.32 Å². The minimum atomic E-state index is -0.592. The van der Waals surface area contributed by atoms with Crippen molar-refractivity contribution in [2.75, 3.05) is 11.1 Å². The van der Waals surface area contributed by atoms with Crippen molar-refractivity contribution in [1.82, 2.24) is 9.36 Å². The molecule has 0 fully saturated rings. The zero-order valence-corrected chi connectivity index (χ0v) is 15.8. The summed E-state index contributed by atoms with van der Waals surface area (Å²) >= 11 is 7.37. The Balaban J connectivity index is 1.74. The fourth-order valence-electron chi connectivity index (χ4n) is 2.38. The molecule has 0 saturated carbocycles. The largest absolute Gasteiger partial charge is 0.441 e. The lowest BCUT2D eigenvalue weighted by Crippen LogP contribution is -2.16. The molecular weight excluding hydrogens is 372 g/mol. The number of nitrogens with one attached hydrogen (secondary N) is 1. The molecule has 3 rings (SSSR count). The Morgan fingerprint density at radius 1 is 1.31 bits per heavy atom. The average Bonchev–Trinajstić information content (AvgIpc) is 3.05. The third-order valence-corrected chi connectivity index (χ3v) is 4.96. The fraction of sp³-hybridized carbons (Fsp3) is 0.167. The molecule has 1 amide bonds. The summed E-state index contributed by atoms with van der Waals surface area (Å²) in [5, 5.41) is 3.26. The Labute approximate surface area is 160 Å². The van der Waals surface area contributed by atoms with Gasteiger partial charge in [0, 0.05) is 10.6 Å². The van der Waals surface area contributed by atoms with Gasteiger partial charge in [0.2, 0.25) is 0 Å². The molecule has 134 valence electrons. The van der Waals surface area contributed by atoms with Crippen LogP contribution in [0, 0.1) is 6.92 Å². The van der Waals surface area contributed by atoms with Crippen molar-refractivity contribution in [2.24, 2.45) is 0 Å². The number of nitrogens with two attached hydrogens (primary N) is 1. The van der Waals surface area contributed by atoms with E-state index >= 15 is 0 Å². The van der Waals surface area contributed by atoms with Crippen molar-refractivity contribution in [2.45, 2.75) is 20.0 Å². The molecule has 26 heavy (non-hydrogen) atoms. The molecule has 0 aliphatic rings. The topological polar surface area (TPSA) is 90.1 Å². The van der Waals surface area contributed by atoms with Gasteiger partial charge in [0.15, 0.2) is 0 Å². The second-order valence-corrected chi connectivity index (χ2v) is 6.84. The average molecular weight is 389 g/mol. The predicted molar refractivity (Wildman–Crippen MR) is 104 cm³/mol. The van der Waals surface area contributed by atoms with Crippen LogP contribution in [0.5, 0.6) is 0 Å². The lowest BCUT2D eigenvalue weighted by Gasteiger charge is -2.15. The van der Waals surface area contributed by atoms with Crippen molar-refractivity contribution in [1.29, 1.82) is 0 Å². The second-order valence-electron chi connectivity index (χ2n) is 5.63. The number of ether oxygens (including phenoxy) is 1. The number of pyridine rings is 1. The first-order valence-corrected chi connectivity index (χ1v) is 9.01. The summed E-state index contributed by atoms with van der Waals surface area (Å²) in [5.41, 5.74) is 9.10. The van der Waals surface area contributed by atoms with E-state index in [1.54, 1.807) is 31.3 Å². The van der Waals surface area contributed by atoms with Gasteiger partial charge in [0.25, 0.3) is 0 Å². The van der Waals surface area contributed by atoms with Crippen LogP contribution in [0.15, 0.2) is 42.6 Å². The fourth-order valence-corrected chi connectivity index (χ4v) is 3.34. The molecule has 0 aliphatic heterocycles. The number of carbonyl (C=O) groups is 1. The van der Waals surface area contributed by atoms with E-state index in [4.69, 9.17) is 22.1 Å². The van der Waals surface area contributed by atoms with Gasteiger partial charge in [-0.25, -0.2) is 9.78 Å². The van der Waals surface area contributed by atoms with Gasteiger partial charge in [0.1, 0.15) is 6.10 Å². The molecular formula is C18H17ClN4O2S. The summed E-state index contributed by atoms with van der Waals surface area (Å²) in [4.78, 5) is 17.4. The van der Waals surface area contributed by atoms with Crippen LogP contribution in [0.4, 0.5) is 16.2 Å². The molecule has 0 radical (unpaired) electrons. The monoisotopic (exact) mass is 388 g/mol. The third kappa shape index (κ3) is 3.95. The number of amides is 1. The summed E-state index contributed by atoms with van der Waals surface area (Å²) in [7, 11) is 0. The van der Waals surface area contributed by atoms with E-state index in [9.17, 15) is 4.79 Å². The highest BCUT2D eigenvalue weighted by Gasteiger charge is 2.17. The van der Waals surface area contributed by atoms with Crippen molar-refractivity contribution in [3.63, 3.8) is 0 Å². The summed E-state index contributed by atoms with van der Waals surface area (Å²) in [6.07, 6.45) is 0.482. The molecule has 0 saturated heterocycles. The van der Waals surface area contributed by atoms with Crippen LogP contribution in [0.2, 0.25) is 5.02 Å². The number of halogens is 1. The molecule has 0 bridgehead atoms. The van der Waals surface area contributed by atoms with Crippen LogP contribution < -0.4 is 11.1 Å². The van der Waals surface area contributed by atoms with Gasteiger partial charge in [0.05, 0.1) is 33.8 Å². The first kappa shape index (κ1) is 18.2. The van der Waals surface area contributed by atoms with Crippen LogP contribution in [-0.2, 0) is 4.74 Å². The molecule has 1 atom stereocenters. The maximum atomic E-state index is 12.3. The highest BCUT2D eigenvalue weighted by atomic mass is 35.5. The second kappa shape index (κ2) is 7.72. The lowest BCUT2D eigenvalue weighted by atomic mass is 10.1. The van der Waals surface area contributed by atoms with Crippen LogP contribution >= 0.6 is 23.1 Å². The number of nitrogens with zero attached hydrogens (tertiary/aromatic N) is 2. The van der Waals surface area contributed by atoms with E-state index in [0.717, 1.165) is 16.1 Å². The van der Waals surface area contributed by atoms with Crippen LogP contribution in [-0.4, -0.2) is 15.5 Å². The number of aryl methyl sites for hydroxylation is 1. The standard InChI is InChI=1S/C18H17ClN4O2S/c1-10-14(20)7-8-15(22-10)17-16(9-21-26-17)23-18(24)25-11(2)12-5-3-4-6-13(12)19/h3-9,11H,20H2,1-2H3,(H,23,24)/t11-/m1/s1. The normalized spacial score (nSPS) is 11.8. The number of hydrogen-bond donors (Lipinski definition) is 2. The number of hydrogen-bond acceptors (Lipinski definition) is 6. The van der Waals surface area contributed by atoms with Gasteiger partial charge in [-0.15, -0.1) is 0 Å². The van der Waals surface area contributed by atoms with Crippen molar-refractivity contribution in [3.8, 4) is 10.6 Å². The summed E-state index contributed by atoms with van der Waals surface area (Å²) in [6, 6.07) is 10.8. The maximum Gasteiger partial charge on any atom is 0.412 e. The predicted octanol–water partition coefficient (Wildman–Crippen LogP) is 5.06. The number of aromatic nitrogens is 2. The zero-order chi connectivity index (χ0) is 18.7. The van der Waals surface area contributed by atoms with E-state index in [2.05, 4.69) is 14.7 Å². The molecule has 0 spiro atoms. The summed E-state index contributed by atoms with van der Waals surface area (Å²) < 4.78 is 9.56. The molecule has 3 aromatic rings. The third-order valence-electron chi connectivity index (χ3n) is 3.79. The smallest absolute Gasteiger partial charge is 0.412 e. The van der Waals surface area contributed by atoms with Crippen molar-refractivity contribution >= 4 is 40.6 Å². The van der Waals surface area contributed by atoms with Gasteiger partial charge in [-0.05, 0) is 43.6 Å². The number of anilines is 2. The minimum absolute atomic E-state index is 0.490. The maximum absolute atomic E-state index is 12.3. The minimum Gasteiger partial charge on any atom is -0.441 e. The Kier molecular flexibility index (Phi) is 5.39. The lowest BCUT2D eigenvalue weighted by molar-refractivity contribution is 0.121. The Morgan fingerprint density at radius 3 is 2.81 bits per heavy atom. The van der Waals surface area contributed by atoms with E-state index < -0.39 is 12.2 Å². The zero-order valence-electron chi connectivity index (χ0n) is 14.2. The molecule has 1 aromatic carbocycles. The SMILES string of the molecule is Cc1nc(-c2sncc2NC(=O)O[C@H](C)c2ccccc2Cl)ccc1N. The quantitative estimate of drug-likeness (QED) is 0.652. The van der Waals surface area contributed by atoms with Crippen LogP contribution in [0.3, 0.4) is 0 Å². The Morgan fingerprint density at radius 2 is 2.08 bits per heavy atom. The van der Waals surface area contributed by atoms with Crippen LogP contribution in [0.1, 0.15) is 24.3 Å². The molecule has 0 aliphatic carbocycles. The molecule has 8 heteroatoms. The first-order valence-electron chi connectivity index (χ1n) is 7.86. The summed E-state index contributed by atoms with van der Waals surface area (Å²) in [6.45, 7) is 3.59. The van der Waals surface area contributed by atoms with Crippen LogP contribution in [0.25, 0.3) is 10.6 Å². The van der Waals surface area contributed by atoms with Gasteiger partial charge >= 0.3 is 6.09 Å². The number of rotatable bonds is 4. The molecule has 0 unspecified atom stereocenters. The Hall–Kier alpha value is -2.64. The van der Waals surface area contributed by atoms with Gasteiger partial charge in [-0.2, -0.15) is 4.37 Å². The first-order chi connectivity index (χ1) is 12.5. The Bertz CT molecular complexity index is 944. The molecule has 3 N–H and O–H groups in total. The highest BCUT2D eigenvalue weighted by Crippen LogP contribution is 2.32. The summed E-state index contributed by atoms with van der Waals surface area (Å²) in [5.74, 6) is 0. The van der Waals surface area contributed by atoms with Gasteiger partial charge < -0.3 is 10.5 Å². The van der Waals surface area contributed by atoms with E-state index in [0.29, 0.717) is 22.1 Å². The van der Waals surface area contributed by atoms with E-state index in [1.807, 2.05) is 25.1 Å². The van der Waals surface area contributed by atoms with Gasteiger partial charge in [-0.1, -0.05) is 29.8 Å². The van der Waals surface area contributed by atoms with E-state index in [-0.39, 0.29) is 0 Å². The molecule has 6 nitrogen and oxygen atoms in total. The van der Waals surface area contributed by atoms with Crippen molar-refractivity contribution in [3.05, 3.63) is 58.9 Å². The molecule has 2 heterocycles. The number of carbonyl (C=O) groups excluding carboxylic acids is 1. The van der Waals surface area contributed by atoms with E-state index in [1.165, 1.54) is 11.5 Å². The highest BCUT2D eigenvalue weighted by molar-refractivity contribution is 7.10.